The first-order valence-corrected chi connectivity index (χ1v) is 15.1. The summed E-state index contributed by atoms with van der Waals surface area (Å²) < 4.78 is 26.0. The summed E-state index contributed by atoms with van der Waals surface area (Å²) >= 11 is 2.89. The number of hydrogen-bond acceptors (Lipinski definition) is 6. The monoisotopic (exact) mass is 538 g/mol. The van der Waals surface area contributed by atoms with Gasteiger partial charge in [-0.05, 0) is 49.6 Å². The normalized spacial score (nSPS) is 17.6. The number of benzene rings is 1. The molecule has 1 fully saturated rings. The zero-order valence-corrected chi connectivity index (χ0v) is 22.2. The van der Waals surface area contributed by atoms with E-state index in [9.17, 15) is 13.6 Å². The van der Waals surface area contributed by atoms with E-state index in [4.69, 9.17) is 0 Å². The van der Waals surface area contributed by atoms with Gasteiger partial charge in [-0.2, -0.15) is 0 Å². The lowest BCUT2D eigenvalue weighted by Crippen LogP contribution is -2.35. The summed E-state index contributed by atoms with van der Waals surface area (Å²) in [4.78, 5) is 26.8. The van der Waals surface area contributed by atoms with Gasteiger partial charge in [0.25, 0.3) is 5.91 Å². The molecule has 1 amide bonds. The Morgan fingerprint density at radius 3 is 2.61 bits per heavy atom. The first-order chi connectivity index (χ1) is 17.4. The molecule has 0 radical (unpaired) electrons. The molecule has 36 heavy (non-hydrogen) atoms. The molecule has 1 saturated carbocycles. The van der Waals surface area contributed by atoms with Crippen LogP contribution >= 0.6 is 23.1 Å². The van der Waals surface area contributed by atoms with E-state index in [0.29, 0.717) is 10.6 Å². The molecule has 1 aromatic carbocycles. The zero-order chi connectivity index (χ0) is 25.1. The van der Waals surface area contributed by atoms with Crippen LogP contribution in [0.5, 0.6) is 0 Å². The van der Waals surface area contributed by atoms with E-state index in [2.05, 4.69) is 56.3 Å². The standard InChI is InChI=1S/C26H26N4O3S3/c1-17-6-8-18(9-7-17)22-14-34-25-24(22)26(28-16-27-25)35-15-23(31)29-19-10-12-21(13-11-19)36(32,33)30-20-4-2-3-5-20/h6-14,16,20H,2-5,15H2,1H3,(H2,30,32,33). The van der Waals surface area contributed by atoms with Crippen molar-refractivity contribution in [3.63, 3.8) is 0 Å². The van der Waals surface area contributed by atoms with E-state index in [1.807, 2.05) is 0 Å². The van der Waals surface area contributed by atoms with Crippen molar-refractivity contribution in [1.29, 1.82) is 0 Å². The van der Waals surface area contributed by atoms with E-state index in [1.54, 1.807) is 35.6 Å². The van der Waals surface area contributed by atoms with Crippen molar-refractivity contribution in [2.75, 3.05) is 5.75 Å². The number of nitrogens with one attached hydrogen (secondary N) is 1. The molecule has 0 saturated heterocycles. The topological polar surface area (TPSA) is 105 Å². The molecule has 186 valence electrons. The number of carbonyl (C=O) groups excluding carboxylic acids is 1. The van der Waals surface area contributed by atoms with Crippen LogP contribution in [0.4, 0.5) is 0 Å². The number of thioether (sulfide) groups is 1. The van der Waals surface area contributed by atoms with Gasteiger partial charge in [0.2, 0.25) is 0 Å². The molecule has 7 nitrogen and oxygen atoms in total. The minimum atomic E-state index is -3.32. The van der Waals surface area contributed by atoms with Crippen LogP contribution in [0.2, 0.25) is 0 Å². The van der Waals surface area contributed by atoms with Gasteiger partial charge in [-0.15, -0.1) is 11.3 Å². The molecule has 3 aromatic rings. The average Bonchev–Trinajstić information content (AvgIpc) is 3.53. The number of hydrogen-bond donors (Lipinski definition) is 2. The van der Waals surface area contributed by atoms with Gasteiger partial charge in [0, 0.05) is 17.0 Å². The minimum absolute atomic E-state index is 0.0634. The van der Waals surface area contributed by atoms with Gasteiger partial charge in [0.05, 0.1) is 21.7 Å². The van der Waals surface area contributed by atoms with Crippen LogP contribution in [-0.2, 0) is 14.8 Å². The van der Waals surface area contributed by atoms with Crippen LogP contribution < -0.4 is 4.72 Å². The molecule has 0 aliphatic heterocycles. The third-order valence-corrected chi connectivity index (χ3v) is 9.55. The number of aliphatic imine (C=N–C) groups is 1. The SMILES string of the molecule is Cc1ccc(-c2csc3ncnc(SCC(=O)N=C4C=CC(=S(=O)(O)NC5CCCC5)C=C4)c23)cc1. The summed E-state index contributed by atoms with van der Waals surface area (Å²) in [5.41, 5.74) is 3.78. The van der Waals surface area contributed by atoms with Crippen LogP contribution in [-0.4, -0.2) is 47.0 Å². The maximum atomic E-state index is 12.7. The summed E-state index contributed by atoms with van der Waals surface area (Å²) in [7, 11) is -3.32. The Labute approximate surface area is 218 Å². The molecule has 5 rings (SSSR count). The van der Waals surface area contributed by atoms with E-state index in [1.165, 1.54) is 23.7 Å². The fourth-order valence-electron chi connectivity index (χ4n) is 4.25. The van der Waals surface area contributed by atoms with Gasteiger partial charge in [-0.1, -0.05) is 54.4 Å². The van der Waals surface area contributed by atoms with Crippen LogP contribution in [0.3, 0.4) is 0 Å². The molecule has 2 heterocycles. The second kappa shape index (κ2) is 10.8. The first-order valence-electron chi connectivity index (χ1n) is 11.7. The second-order valence-electron chi connectivity index (χ2n) is 8.79. The van der Waals surface area contributed by atoms with Gasteiger partial charge >= 0.3 is 0 Å². The Morgan fingerprint density at radius 2 is 1.89 bits per heavy atom. The predicted octanol–water partition coefficient (Wildman–Crippen LogP) is 5.23. The Morgan fingerprint density at radius 1 is 1.17 bits per heavy atom. The molecule has 2 aromatic heterocycles. The third-order valence-electron chi connectivity index (χ3n) is 6.12. The lowest BCUT2D eigenvalue weighted by atomic mass is 10.1. The number of aryl methyl sites for hydroxylation is 1. The highest BCUT2D eigenvalue weighted by molar-refractivity contribution is 8.00. The summed E-state index contributed by atoms with van der Waals surface area (Å²) in [5, 5.41) is 3.76. The molecule has 1 unspecified atom stereocenters. The number of thiophene rings is 1. The van der Waals surface area contributed by atoms with Gasteiger partial charge < -0.3 is 4.55 Å². The molecular formula is C26H26N4O3S3. The van der Waals surface area contributed by atoms with E-state index in [0.717, 1.165) is 52.1 Å². The molecule has 10 heteroatoms. The van der Waals surface area contributed by atoms with Gasteiger partial charge in [-0.25, -0.2) is 23.9 Å². The Kier molecular flexibility index (Phi) is 7.49. The zero-order valence-electron chi connectivity index (χ0n) is 19.7. The number of nitrogens with zero attached hydrogens (tertiary/aromatic N) is 3. The third kappa shape index (κ3) is 5.68. The summed E-state index contributed by atoms with van der Waals surface area (Å²) in [6.45, 7) is 2.05. The lowest BCUT2D eigenvalue weighted by molar-refractivity contribution is -0.115. The van der Waals surface area contributed by atoms with Gasteiger partial charge in [-0.3, -0.25) is 4.79 Å². The Bertz CT molecular complexity index is 1490. The number of carbonyl (C=O) groups is 1. The molecule has 1 atom stereocenters. The van der Waals surface area contributed by atoms with E-state index < -0.39 is 9.99 Å². The second-order valence-corrected chi connectivity index (χ2v) is 12.4. The minimum Gasteiger partial charge on any atom is -0.302 e. The fourth-order valence-corrected chi connectivity index (χ4v) is 7.36. The average molecular weight is 539 g/mol. The van der Waals surface area contributed by atoms with Crippen molar-refractivity contribution in [1.82, 2.24) is 14.7 Å². The summed E-state index contributed by atoms with van der Waals surface area (Å²) in [5.74, 6) is -0.183. The lowest BCUT2D eigenvalue weighted by Gasteiger charge is -2.15. The number of aromatic nitrogens is 2. The van der Waals surface area contributed by atoms with Crippen molar-refractivity contribution >= 4 is 59.8 Å². The largest absolute Gasteiger partial charge is 0.302 e. The van der Waals surface area contributed by atoms with E-state index in [-0.39, 0.29) is 17.7 Å². The van der Waals surface area contributed by atoms with Crippen LogP contribution in [0, 0.1) is 6.92 Å². The number of allylic oxidation sites excluding steroid dienone is 4. The van der Waals surface area contributed by atoms with Crippen LogP contribution in [0.15, 0.2) is 70.3 Å². The van der Waals surface area contributed by atoms with Crippen LogP contribution in [0.25, 0.3) is 21.3 Å². The number of amides is 1. The maximum absolute atomic E-state index is 12.7. The van der Waals surface area contributed by atoms with Crippen LogP contribution in [0.1, 0.15) is 31.2 Å². The molecule has 2 aliphatic rings. The quantitative estimate of drug-likeness (QED) is 0.253. The number of rotatable bonds is 6. The summed E-state index contributed by atoms with van der Waals surface area (Å²) in [6.07, 6.45) is 11.8. The van der Waals surface area contributed by atoms with Crippen molar-refractivity contribution in [3.05, 3.63) is 65.8 Å². The van der Waals surface area contributed by atoms with Crippen molar-refractivity contribution < 1.29 is 13.6 Å². The highest BCUT2D eigenvalue weighted by atomic mass is 32.2. The molecule has 2 aliphatic carbocycles. The fraction of sp³-hybridized carbons (Fsp3) is 0.269. The van der Waals surface area contributed by atoms with Crippen molar-refractivity contribution in [3.8, 4) is 11.1 Å². The van der Waals surface area contributed by atoms with Crippen molar-refractivity contribution in [2.45, 2.75) is 43.7 Å². The number of fused-ring (bicyclic) bond motifs is 1. The Hall–Kier alpha value is -2.63. The molecule has 0 spiro atoms. The predicted molar refractivity (Wildman–Crippen MR) is 150 cm³/mol. The molecule has 2 N–H and O–H groups in total. The van der Waals surface area contributed by atoms with E-state index >= 15 is 0 Å². The maximum Gasteiger partial charge on any atom is 0.256 e. The summed E-state index contributed by atoms with van der Waals surface area (Å²) in [6, 6.07) is 8.37. The van der Waals surface area contributed by atoms with Gasteiger partial charge in [0.15, 0.2) is 9.99 Å². The molecular weight excluding hydrogens is 513 g/mol. The Balaban J connectivity index is 1.28. The highest BCUT2D eigenvalue weighted by Gasteiger charge is 2.20. The van der Waals surface area contributed by atoms with Gasteiger partial charge in [0.1, 0.15) is 16.2 Å². The highest BCUT2D eigenvalue weighted by Crippen LogP contribution is 2.37. The molecule has 0 bridgehead atoms. The smallest absolute Gasteiger partial charge is 0.256 e. The van der Waals surface area contributed by atoms with Crippen molar-refractivity contribution in [2.24, 2.45) is 4.99 Å². The first kappa shape index (κ1) is 25.0.